The van der Waals surface area contributed by atoms with Gasteiger partial charge in [0.25, 0.3) is 0 Å². The van der Waals surface area contributed by atoms with E-state index in [-0.39, 0.29) is 17.1 Å². The van der Waals surface area contributed by atoms with Crippen molar-refractivity contribution >= 4 is 11.8 Å². The minimum Gasteiger partial charge on any atom is -0.323 e. The topological polar surface area (TPSA) is 26.0 Å². The first-order chi connectivity index (χ1) is 9.47. The van der Waals surface area contributed by atoms with Gasteiger partial charge >= 0.3 is 0 Å². The third-order valence-electron chi connectivity index (χ3n) is 2.97. The fourth-order valence-corrected chi connectivity index (χ4v) is 2.85. The minimum atomic E-state index is -0.877. The van der Waals surface area contributed by atoms with Gasteiger partial charge in [0, 0.05) is 16.2 Å². The molecule has 0 heterocycles. The van der Waals surface area contributed by atoms with Crippen LogP contribution in [0.3, 0.4) is 0 Å². The molecule has 0 saturated heterocycles. The lowest BCUT2D eigenvalue weighted by Crippen LogP contribution is -2.21. The molecule has 0 aliphatic carbocycles. The van der Waals surface area contributed by atoms with E-state index >= 15 is 0 Å². The van der Waals surface area contributed by atoms with E-state index in [1.807, 2.05) is 6.92 Å². The lowest BCUT2D eigenvalue weighted by atomic mass is 10.1. The second kappa shape index (κ2) is 6.33. The van der Waals surface area contributed by atoms with Crippen LogP contribution in [0, 0.1) is 17.5 Å². The quantitative estimate of drug-likeness (QED) is 0.852. The van der Waals surface area contributed by atoms with Gasteiger partial charge in [-0.3, -0.25) is 0 Å². The van der Waals surface area contributed by atoms with Crippen molar-refractivity contribution in [2.24, 2.45) is 5.73 Å². The zero-order chi connectivity index (χ0) is 14.7. The molecule has 0 fully saturated rings. The number of benzene rings is 2. The molecular formula is C15H14F3NS. The molecule has 0 aliphatic rings. The van der Waals surface area contributed by atoms with Crippen molar-refractivity contribution in [2.75, 3.05) is 0 Å². The molecule has 2 aromatic carbocycles. The Bertz CT molecular complexity index is 586. The summed E-state index contributed by atoms with van der Waals surface area (Å²) >= 11 is 1.35. The van der Waals surface area contributed by atoms with Crippen LogP contribution in [0.4, 0.5) is 13.2 Å². The molecule has 0 bridgehead atoms. The van der Waals surface area contributed by atoms with Crippen molar-refractivity contribution in [3.63, 3.8) is 0 Å². The molecule has 20 heavy (non-hydrogen) atoms. The van der Waals surface area contributed by atoms with Gasteiger partial charge in [-0.1, -0.05) is 19.1 Å². The van der Waals surface area contributed by atoms with Crippen LogP contribution in [0.25, 0.3) is 0 Å². The molecule has 2 rings (SSSR count). The van der Waals surface area contributed by atoms with Crippen LogP contribution in [-0.4, -0.2) is 5.25 Å². The Kier molecular flexibility index (Phi) is 4.73. The van der Waals surface area contributed by atoms with Crippen LogP contribution >= 0.6 is 11.8 Å². The molecular weight excluding hydrogens is 283 g/mol. The zero-order valence-electron chi connectivity index (χ0n) is 10.8. The Morgan fingerprint density at radius 1 is 0.950 bits per heavy atom. The highest BCUT2D eigenvalue weighted by Crippen LogP contribution is 2.31. The second-order valence-corrected chi connectivity index (χ2v) is 5.93. The lowest BCUT2D eigenvalue weighted by Gasteiger charge is -2.20. The monoisotopic (exact) mass is 297 g/mol. The number of nitrogens with two attached hydrogens (primary N) is 1. The standard InChI is InChI=1S/C15H14F3NS/c1-9(15(19)10-2-4-11(16)5-3-10)20-12-6-7-13(17)14(18)8-12/h2-9,15H,19H2,1H3. The highest BCUT2D eigenvalue weighted by Gasteiger charge is 2.17. The van der Waals surface area contributed by atoms with E-state index in [0.29, 0.717) is 4.90 Å². The summed E-state index contributed by atoms with van der Waals surface area (Å²) in [5.74, 6) is -2.07. The smallest absolute Gasteiger partial charge is 0.159 e. The number of hydrogen-bond acceptors (Lipinski definition) is 2. The van der Waals surface area contributed by atoms with Crippen molar-refractivity contribution < 1.29 is 13.2 Å². The molecule has 0 radical (unpaired) electrons. The molecule has 2 unspecified atom stereocenters. The van der Waals surface area contributed by atoms with Crippen molar-refractivity contribution in [1.82, 2.24) is 0 Å². The summed E-state index contributed by atoms with van der Waals surface area (Å²) in [6.45, 7) is 1.89. The fraction of sp³-hybridized carbons (Fsp3) is 0.200. The van der Waals surface area contributed by atoms with Crippen molar-refractivity contribution in [2.45, 2.75) is 23.1 Å². The average molecular weight is 297 g/mol. The summed E-state index contributed by atoms with van der Waals surface area (Å²) in [5, 5.41) is -0.0645. The van der Waals surface area contributed by atoms with E-state index in [1.165, 1.54) is 30.0 Å². The Labute approximate surface area is 120 Å². The van der Waals surface area contributed by atoms with E-state index in [2.05, 4.69) is 0 Å². The highest BCUT2D eigenvalue weighted by atomic mass is 32.2. The van der Waals surface area contributed by atoms with Crippen molar-refractivity contribution in [3.8, 4) is 0 Å². The summed E-state index contributed by atoms with van der Waals surface area (Å²) in [6.07, 6.45) is 0. The van der Waals surface area contributed by atoms with Gasteiger partial charge in [0.2, 0.25) is 0 Å². The average Bonchev–Trinajstić information content (AvgIpc) is 2.43. The molecule has 0 aromatic heterocycles. The molecule has 1 nitrogen and oxygen atoms in total. The summed E-state index contributed by atoms with van der Waals surface area (Å²) in [7, 11) is 0. The first-order valence-corrected chi connectivity index (χ1v) is 6.98. The van der Waals surface area contributed by atoms with Gasteiger partial charge in [0.15, 0.2) is 11.6 Å². The van der Waals surface area contributed by atoms with Gasteiger partial charge in [-0.05, 0) is 35.9 Å². The van der Waals surface area contributed by atoms with Crippen LogP contribution in [0.5, 0.6) is 0 Å². The molecule has 2 N–H and O–H groups in total. The third kappa shape index (κ3) is 3.55. The normalized spacial score (nSPS) is 14.1. The van der Waals surface area contributed by atoms with E-state index in [1.54, 1.807) is 12.1 Å². The fourth-order valence-electron chi connectivity index (χ4n) is 1.79. The molecule has 106 valence electrons. The zero-order valence-corrected chi connectivity index (χ0v) is 11.6. The maximum absolute atomic E-state index is 13.1. The summed E-state index contributed by atoms with van der Waals surface area (Å²) in [6, 6.07) is 9.38. The van der Waals surface area contributed by atoms with Crippen LogP contribution in [-0.2, 0) is 0 Å². The van der Waals surface area contributed by atoms with Crippen LogP contribution in [0.15, 0.2) is 47.4 Å². The SMILES string of the molecule is CC(Sc1ccc(F)c(F)c1)C(N)c1ccc(F)cc1. The maximum atomic E-state index is 13.1. The van der Waals surface area contributed by atoms with Crippen LogP contribution in [0.2, 0.25) is 0 Å². The number of thioether (sulfide) groups is 1. The Morgan fingerprint density at radius 3 is 2.20 bits per heavy atom. The summed E-state index contributed by atoms with van der Waals surface area (Å²) in [4.78, 5) is 0.606. The summed E-state index contributed by atoms with van der Waals surface area (Å²) in [5.41, 5.74) is 6.89. The molecule has 2 atom stereocenters. The van der Waals surface area contributed by atoms with Gasteiger partial charge in [0.05, 0.1) is 0 Å². The Balaban J connectivity index is 2.08. The number of hydrogen-bond donors (Lipinski definition) is 1. The van der Waals surface area contributed by atoms with E-state index in [9.17, 15) is 13.2 Å². The van der Waals surface area contributed by atoms with Gasteiger partial charge in [-0.15, -0.1) is 11.8 Å². The number of rotatable bonds is 4. The first-order valence-electron chi connectivity index (χ1n) is 6.10. The van der Waals surface area contributed by atoms with Gasteiger partial charge in [0.1, 0.15) is 5.82 Å². The van der Waals surface area contributed by atoms with Crippen molar-refractivity contribution in [3.05, 3.63) is 65.5 Å². The minimum absolute atomic E-state index is 0.0645. The largest absolute Gasteiger partial charge is 0.323 e. The van der Waals surface area contributed by atoms with Crippen LogP contribution in [0.1, 0.15) is 18.5 Å². The highest BCUT2D eigenvalue weighted by molar-refractivity contribution is 8.00. The molecule has 0 aliphatic heterocycles. The Hall–Kier alpha value is -1.46. The lowest BCUT2D eigenvalue weighted by molar-refractivity contribution is 0.506. The maximum Gasteiger partial charge on any atom is 0.159 e. The second-order valence-electron chi connectivity index (χ2n) is 4.48. The molecule has 2 aromatic rings. The summed E-state index contributed by atoms with van der Waals surface area (Å²) < 4.78 is 38.8. The van der Waals surface area contributed by atoms with Gasteiger partial charge in [-0.25, -0.2) is 13.2 Å². The van der Waals surface area contributed by atoms with E-state index in [0.717, 1.165) is 17.7 Å². The van der Waals surface area contributed by atoms with E-state index < -0.39 is 11.6 Å². The van der Waals surface area contributed by atoms with Crippen molar-refractivity contribution in [1.29, 1.82) is 0 Å². The molecule has 0 saturated carbocycles. The number of halogens is 3. The Morgan fingerprint density at radius 2 is 1.60 bits per heavy atom. The predicted octanol–water partition coefficient (Wildman–Crippen LogP) is 4.28. The van der Waals surface area contributed by atoms with Gasteiger partial charge < -0.3 is 5.73 Å². The third-order valence-corrected chi connectivity index (χ3v) is 4.16. The van der Waals surface area contributed by atoms with Gasteiger partial charge in [-0.2, -0.15) is 0 Å². The first kappa shape index (κ1) is 14.9. The molecule has 0 amide bonds. The van der Waals surface area contributed by atoms with Crippen LogP contribution < -0.4 is 5.73 Å². The molecule has 0 spiro atoms. The molecule has 5 heteroatoms. The predicted molar refractivity (Wildman–Crippen MR) is 75.0 cm³/mol. The van der Waals surface area contributed by atoms with E-state index in [4.69, 9.17) is 5.73 Å².